The minimum atomic E-state index is -0.809. The van der Waals surface area contributed by atoms with Gasteiger partial charge in [0, 0.05) is 18.1 Å². The number of carbonyl (C=O) groups is 3. The van der Waals surface area contributed by atoms with Gasteiger partial charge in [0.2, 0.25) is 0 Å². The molecule has 3 aromatic carbocycles. The summed E-state index contributed by atoms with van der Waals surface area (Å²) in [6, 6.07) is 14.6. The van der Waals surface area contributed by atoms with E-state index >= 15 is 0 Å². The summed E-state index contributed by atoms with van der Waals surface area (Å²) in [7, 11) is 0. The minimum absolute atomic E-state index is 0.0528. The van der Waals surface area contributed by atoms with Crippen molar-refractivity contribution in [2.24, 2.45) is 0 Å². The van der Waals surface area contributed by atoms with E-state index in [0.29, 0.717) is 28.0 Å². The smallest absolute Gasteiger partial charge is 0.507 e. The highest BCUT2D eigenvalue weighted by atomic mass is 16.8. The van der Waals surface area contributed by atoms with E-state index in [4.69, 9.17) is 28.2 Å². The number of hydrogen-bond acceptors (Lipinski definition) is 11. The summed E-state index contributed by atoms with van der Waals surface area (Å²) in [4.78, 5) is 49.2. The number of H-pyrrole nitrogens is 1. The van der Waals surface area contributed by atoms with Crippen molar-refractivity contribution in [1.29, 1.82) is 0 Å². The molecule has 2 unspecified atom stereocenters. The van der Waals surface area contributed by atoms with Gasteiger partial charge in [-0.15, -0.1) is 0 Å². The Kier molecular flexibility index (Phi) is 8.95. The van der Waals surface area contributed by atoms with Crippen molar-refractivity contribution in [3.8, 4) is 17.2 Å². The van der Waals surface area contributed by atoms with Gasteiger partial charge < -0.3 is 33.3 Å². The fourth-order valence-electron chi connectivity index (χ4n) is 5.56. The summed E-state index contributed by atoms with van der Waals surface area (Å²) >= 11 is 0. The summed E-state index contributed by atoms with van der Waals surface area (Å²) in [6.07, 6.45) is 2.32. The zero-order chi connectivity index (χ0) is 32.2. The van der Waals surface area contributed by atoms with E-state index in [1.807, 2.05) is 0 Å². The quantitative estimate of drug-likeness (QED) is 0.153. The van der Waals surface area contributed by atoms with Crippen LogP contribution in [0.3, 0.4) is 0 Å². The number of ketones is 1. The molecule has 0 bridgehead atoms. The number of phenolic OH excluding ortho intramolecular Hbond substituents is 1. The molecule has 4 aromatic rings. The van der Waals surface area contributed by atoms with E-state index in [1.165, 1.54) is 6.07 Å². The van der Waals surface area contributed by atoms with Gasteiger partial charge in [-0.25, -0.2) is 4.79 Å². The maximum absolute atomic E-state index is 13.5. The first-order valence-corrected chi connectivity index (χ1v) is 15.2. The largest absolute Gasteiger partial charge is 0.509 e. The Hall–Kier alpha value is -5.26. The highest BCUT2D eigenvalue weighted by Gasteiger charge is 2.34. The average molecular weight is 632 g/mol. The molecule has 2 atom stereocenters. The Morgan fingerprint density at radius 1 is 1.00 bits per heavy atom. The van der Waals surface area contributed by atoms with Crippen LogP contribution in [-0.2, 0) is 32.0 Å². The molecule has 12 heteroatoms. The average Bonchev–Trinajstić information content (AvgIpc) is 3.77. The van der Waals surface area contributed by atoms with Gasteiger partial charge in [0.05, 0.1) is 17.1 Å². The zero-order valence-corrected chi connectivity index (χ0v) is 25.1. The molecule has 46 heavy (non-hydrogen) atoms. The summed E-state index contributed by atoms with van der Waals surface area (Å²) in [5.74, 6) is -0.208. The van der Waals surface area contributed by atoms with Crippen molar-refractivity contribution < 1.29 is 47.7 Å². The van der Waals surface area contributed by atoms with Crippen LogP contribution in [0.1, 0.15) is 66.1 Å². The molecule has 1 aromatic heterocycles. The van der Waals surface area contributed by atoms with E-state index in [9.17, 15) is 24.3 Å². The van der Waals surface area contributed by atoms with Crippen molar-refractivity contribution in [3.63, 3.8) is 0 Å². The molecule has 1 saturated heterocycles. The van der Waals surface area contributed by atoms with Gasteiger partial charge in [-0.05, 0) is 92.6 Å². The SMILES string of the molecule is CC1OC(=O)OC1COC(=O)CCc1cc(C(=O)c2ccc(OC3CCCC3)cc2O)ccc1OCc1ccc2c(=O)[nH]oc2c1. The highest BCUT2D eigenvalue weighted by Crippen LogP contribution is 2.31. The van der Waals surface area contributed by atoms with Crippen LogP contribution in [0.4, 0.5) is 4.79 Å². The molecule has 2 N–H and O–H groups in total. The fraction of sp³-hybridized carbons (Fsp3) is 0.353. The van der Waals surface area contributed by atoms with Gasteiger partial charge in [-0.2, -0.15) is 5.16 Å². The lowest BCUT2D eigenvalue weighted by atomic mass is 9.98. The number of rotatable bonds is 12. The first-order valence-electron chi connectivity index (χ1n) is 15.2. The Morgan fingerprint density at radius 2 is 1.83 bits per heavy atom. The number of carbonyl (C=O) groups excluding carboxylic acids is 3. The maximum atomic E-state index is 13.5. The van der Waals surface area contributed by atoms with E-state index < -0.39 is 30.1 Å². The number of aryl methyl sites for hydroxylation is 1. The lowest BCUT2D eigenvalue weighted by Crippen LogP contribution is -2.26. The summed E-state index contributed by atoms with van der Waals surface area (Å²) < 4.78 is 32.4. The molecule has 2 heterocycles. The van der Waals surface area contributed by atoms with E-state index in [0.717, 1.165) is 31.2 Å². The molecule has 0 radical (unpaired) electrons. The molecule has 0 spiro atoms. The van der Waals surface area contributed by atoms with Crippen LogP contribution in [0.15, 0.2) is 63.9 Å². The fourth-order valence-corrected chi connectivity index (χ4v) is 5.56. The molecule has 1 aliphatic heterocycles. The lowest BCUT2D eigenvalue weighted by Gasteiger charge is -2.15. The van der Waals surface area contributed by atoms with Gasteiger partial charge >= 0.3 is 12.1 Å². The number of fused-ring (bicyclic) bond motifs is 1. The topological polar surface area (TPSA) is 164 Å². The number of esters is 1. The number of aromatic amines is 1. The molecule has 6 rings (SSSR count). The van der Waals surface area contributed by atoms with Crippen LogP contribution in [0.25, 0.3) is 11.0 Å². The number of aromatic nitrogens is 1. The van der Waals surface area contributed by atoms with Crippen molar-refractivity contribution >= 4 is 28.9 Å². The number of hydrogen-bond donors (Lipinski definition) is 2. The number of nitrogens with one attached hydrogen (secondary N) is 1. The van der Waals surface area contributed by atoms with Crippen molar-refractivity contribution in [2.45, 2.75) is 70.4 Å². The highest BCUT2D eigenvalue weighted by molar-refractivity contribution is 6.11. The molecule has 2 aliphatic rings. The molecule has 240 valence electrons. The Bertz CT molecular complexity index is 1820. The number of cyclic esters (lactones) is 2. The predicted octanol–water partition coefficient (Wildman–Crippen LogP) is 5.36. The molecule has 1 saturated carbocycles. The molecule has 1 aliphatic carbocycles. The van der Waals surface area contributed by atoms with Crippen LogP contribution in [0.2, 0.25) is 0 Å². The van der Waals surface area contributed by atoms with Crippen LogP contribution >= 0.6 is 0 Å². The standard InChI is InChI=1S/C34H33NO11/c1-19-30(45-34(40)43-19)18-42-31(37)13-8-21-15-22(32(38)25-11-9-24(16-27(25)36)44-23-4-2-3-5-23)7-12-28(21)41-17-20-6-10-26-29(14-20)46-35-33(26)39/h6-7,9-12,14-16,19,23,30,36H,2-5,8,13,17-18H2,1H3,(H,35,39). The molecular formula is C34H33NO11. The zero-order valence-electron chi connectivity index (χ0n) is 25.1. The van der Waals surface area contributed by atoms with Gasteiger partial charge in [0.1, 0.15) is 36.6 Å². The first-order chi connectivity index (χ1) is 22.2. The van der Waals surface area contributed by atoms with Crippen molar-refractivity contribution in [3.05, 3.63) is 87.2 Å². The summed E-state index contributed by atoms with van der Waals surface area (Å²) in [5.41, 5.74) is 1.75. The van der Waals surface area contributed by atoms with Crippen LogP contribution in [0.5, 0.6) is 17.2 Å². The number of benzene rings is 3. The number of phenols is 1. The third-order valence-corrected chi connectivity index (χ3v) is 8.14. The summed E-state index contributed by atoms with van der Waals surface area (Å²) in [6.45, 7) is 1.61. The minimum Gasteiger partial charge on any atom is -0.507 e. The third-order valence-electron chi connectivity index (χ3n) is 8.14. The molecule has 2 fully saturated rings. The second kappa shape index (κ2) is 13.4. The predicted molar refractivity (Wildman–Crippen MR) is 162 cm³/mol. The number of aromatic hydroxyl groups is 1. The van der Waals surface area contributed by atoms with Crippen LogP contribution in [-0.4, -0.2) is 53.1 Å². The van der Waals surface area contributed by atoms with Crippen LogP contribution in [0, 0.1) is 0 Å². The molecular weight excluding hydrogens is 598 g/mol. The summed E-state index contributed by atoms with van der Waals surface area (Å²) in [5, 5.41) is 13.4. The normalized spacial score (nSPS) is 17.9. The monoisotopic (exact) mass is 631 g/mol. The van der Waals surface area contributed by atoms with E-state index in [-0.39, 0.29) is 54.6 Å². The van der Waals surface area contributed by atoms with Gasteiger partial charge in [-0.3, -0.25) is 14.4 Å². The van der Waals surface area contributed by atoms with Gasteiger partial charge in [0.15, 0.2) is 17.5 Å². The lowest BCUT2D eigenvalue weighted by molar-refractivity contribution is -0.146. The van der Waals surface area contributed by atoms with Crippen molar-refractivity contribution in [1.82, 2.24) is 5.16 Å². The van der Waals surface area contributed by atoms with Crippen LogP contribution < -0.4 is 15.0 Å². The second-order valence-corrected chi connectivity index (χ2v) is 11.4. The maximum Gasteiger partial charge on any atom is 0.509 e. The number of ether oxygens (including phenoxy) is 5. The Morgan fingerprint density at radius 3 is 2.59 bits per heavy atom. The Balaban J connectivity index is 1.18. The first kappa shape index (κ1) is 30.8. The van der Waals surface area contributed by atoms with Crippen molar-refractivity contribution in [2.75, 3.05) is 6.61 Å². The van der Waals surface area contributed by atoms with Gasteiger partial charge in [0.25, 0.3) is 5.56 Å². The third kappa shape index (κ3) is 7.01. The molecule has 0 amide bonds. The Labute approximate surface area is 263 Å². The van der Waals surface area contributed by atoms with E-state index in [1.54, 1.807) is 55.5 Å². The second-order valence-electron chi connectivity index (χ2n) is 11.4. The molecule has 12 nitrogen and oxygen atoms in total. The van der Waals surface area contributed by atoms with E-state index in [2.05, 4.69) is 5.16 Å². The van der Waals surface area contributed by atoms with Gasteiger partial charge in [-0.1, -0.05) is 6.07 Å².